The van der Waals surface area contributed by atoms with Crippen LogP contribution in [0.4, 0.5) is 10.5 Å². The number of hydrogen-bond acceptors (Lipinski definition) is 5. The molecule has 1 aliphatic rings. The number of carbonyl (C=O) groups excluding carboxylic acids is 1. The molecule has 3 rings (SSSR count). The fourth-order valence-corrected chi connectivity index (χ4v) is 3.11. The molecule has 2 aromatic carbocycles. The highest BCUT2D eigenvalue weighted by Crippen LogP contribution is 2.29. The molecule has 6 nitrogen and oxygen atoms in total. The second-order valence-electron chi connectivity index (χ2n) is 6.22. The first kappa shape index (κ1) is 18.1. The van der Waals surface area contributed by atoms with Crippen molar-refractivity contribution in [2.45, 2.75) is 6.54 Å². The van der Waals surface area contributed by atoms with Crippen LogP contribution in [0.2, 0.25) is 0 Å². The summed E-state index contributed by atoms with van der Waals surface area (Å²) in [5.74, 6) is 0.985. The van der Waals surface area contributed by atoms with Crippen LogP contribution in [0.15, 0.2) is 48.5 Å². The molecule has 1 saturated heterocycles. The summed E-state index contributed by atoms with van der Waals surface area (Å²) >= 11 is 0. The maximum absolute atomic E-state index is 11.4. The zero-order valence-electron chi connectivity index (χ0n) is 15.3. The Balaban J connectivity index is 1.59. The van der Waals surface area contributed by atoms with Gasteiger partial charge in [-0.1, -0.05) is 24.3 Å². The fraction of sp³-hybridized carbons (Fsp3) is 0.350. The smallest absolute Gasteiger partial charge is 0.412 e. The average Bonchev–Trinajstić information content (AvgIpc) is 2.70. The summed E-state index contributed by atoms with van der Waals surface area (Å²) in [6.07, 6.45) is -0.506. The third kappa shape index (κ3) is 4.46. The number of methoxy groups -OCH3 is 1. The number of anilines is 1. The lowest BCUT2D eigenvalue weighted by atomic mass is 10.1. The third-order valence-corrected chi connectivity index (χ3v) is 4.53. The van der Waals surface area contributed by atoms with E-state index in [9.17, 15) is 4.79 Å². The van der Waals surface area contributed by atoms with E-state index in [1.165, 1.54) is 12.7 Å². The number of rotatable bonds is 5. The lowest BCUT2D eigenvalue weighted by molar-refractivity contribution is 0.200. The van der Waals surface area contributed by atoms with Gasteiger partial charge in [-0.15, -0.1) is 0 Å². The van der Waals surface area contributed by atoms with Gasteiger partial charge in [-0.3, -0.25) is 4.90 Å². The number of piperazine rings is 1. The first-order chi connectivity index (χ1) is 12.7. The van der Waals surface area contributed by atoms with Gasteiger partial charge in [-0.2, -0.15) is 0 Å². The summed E-state index contributed by atoms with van der Waals surface area (Å²) in [4.78, 5) is 16.2. The molecule has 1 aliphatic heterocycles. The molecule has 0 aromatic heterocycles. The molecule has 138 valence electrons. The van der Waals surface area contributed by atoms with Crippen molar-refractivity contribution in [3.05, 3.63) is 54.1 Å². The van der Waals surface area contributed by atoms with Crippen LogP contribution in [-0.4, -0.2) is 51.3 Å². The molecule has 0 bridgehead atoms. The van der Waals surface area contributed by atoms with Gasteiger partial charge >= 0.3 is 6.09 Å². The Morgan fingerprint density at radius 3 is 2.42 bits per heavy atom. The van der Waals surface area contributed by atoms with Gasteiger partial charge in [0, 0.05) is 45.5 Å². The SMILES string of the molecule is CNC(=O)Oc1ccc(CN2CCN(c3ccccc3)CC2)cc1OC. The number of para-hydroxylation sites is 1. The predicted molar refractivity (Wildman–Crippen MR) is 102 cm³/mol. The predicted octanol–water partition coefficient (Wildman–Crippen LogP) is 2.74. The molecule has 26 heavy (non-hydrogen) atoms. The van der Waals surface area contributed by atoms with E-state index in [1.54, 1.807) is 13.2 Å². The zero-order valence-corrected chi connectivity index (χ0v) is 15.3. The first-order valence-electron chi connectivity index (χ1n) is 8.78. The van der Waals surface area contributed by atoms with Crippen LogP contribution < -0.4 is 19.7 Å². The van der Waals surface area contributed by atoms with Crippen LogP contribution in [0.5, 0.6) is 11.5 Å². The Morgan fingerprint density at radius 2 is 1.77 bits per heavy atom. The molecule has 1 heterocycles. The molecule has 0 unspecified atom stereocenters. The Kier molecular flexibility index (Phi) is 5.96. The van der Waals surface area contributed by atoms with Crippen molar-refractivity contribution in [3.8, 4) is 11.5 Å². The van der Waals surface area contributed by atoms with Gasteiger partial charge in [-0.05, 0) is 29.8 Å². The molecule has 0 radical (unpaired) electrons. The van der Waals surface area contributed by atoms with E-state index in [0.29, 0.717) is 11.5 Å². The van der Waals surface area contributed by atoms with Crippen LogP contribution in [0, 0.1) is 0 Å². The molecule has 1 fully saturated rings. The number of hydrogen-bond donors (Lipinski definition) is 1. The van der Waals surface area contributed by atoms with Crippen LogP contribution in [0.1, 0.15) is 5.56 Å². The molecule has 0 saturated carbocycles. The Hall–Kier alpha value is -2.73. The van der Waals surface area contributed by atoms with E-state index in [4.69, 9.17) is 9.47 Å². The van der Waals surface area contributed by atoms with Crippen molar-refractivity contribution >= 4 is 11.8 Å². The summed E-state index contributed by atoms with van der Waals surface area (Å²) in [7, 11) is 3.10. The van der Waals surface area contributed by atoms with Crippen molar-refractivity contribution in [3.63, 3.8) is 0 Å². The van der Waals surface area contributed by atoms with Gasteiger partial charge in [0.15, 0.2) is 11.5 Å². The van der Waals surface area contributed by atoms with Gasteiger partial charge in [0.25, 0.3) is 0 Å². The lowest BCUT2D eigenvalue weighted by Crippen LogP contribution is -2.45. The van der Waals surface area contributed by atoms with E-state index in [2.05, 4.69) is 39.4 Å². The van der Waals surface area contributed by atoms with E-state index >= 15 is 0 Å². The van der Waals surface area contributed by atoms with E-state index < -0.39 is 6.09 Å². The molecular formula is C20H25N3O3. The minimum atomic E-state index is -0.506. The van der Waals surface area contributed by atoms with E-state index in [1.807, 2.05) is 18.2 Å². The molecular weight excluding hydrogens is 330 g/mol. The Bertz CT molecular complexity index is 728. The molecule has 0 aliphatic carbocycles. The Morgan fingerprint density at radius 1 is 1.04 bits per heavy atom. The number of amides is 1. The first-order valence-corrected chi connectivity index (χ1v) is 8.78. The largest absolute Gasteiger partial charge is 0.493 e. The highest BCUT2D eigenvalue weighted by Gasteiger charge is 2.18. The maximum atomic E-state index is 11.4. The number of nitrogens with zero attached hydrogens (tertiary/aromatic N) is 2. The van der Waals surface area contributed by atoms with Gasteiger partial charge in [0.2, 0.25) is 0 Å². The summed E-state index contributed by atoms with van der Waals surface area (Å²) < 4.78 is 10.6. The molecule has 0 spiro atoms. The fourth-order valence-electron chi connectivity index (χ4n) is 3.11. The minimum absolute atomic E-state index is 0.421. The zero-order chi connectivity index (χ0) is 18.4. The number of ether oxygens (including phenoxy) is 2. The summed E-state index contributed by atoms with van der Waals surface area (Å²) in [6, 6.07) is 16.2. The van der Waals surface area contributed by atoms with Crippen LogP contribution in [0.25, 0.3) is 0 Å². The standard InChI is InChI=1S/C20H25N3O3/c1-21-20(24)26-18-9-8-16(14-19(18)25-2)15-22-10-12-23(13-11-22)17-6-4-3-5-7-17/h3-9,14H,10-13,15H2,1-2H3,(H,21,24). The second kappa shape index (κ2) is 8.58. The van der Waals surface area contributed by atoms with E-state index in [0.717, 1.165) is 38.3 Å². The summed E-state index contributed by atoms with van der Waals surface area (Å²) in [5.41, 5.74) is 2.42. The lowest BCUT2D eigenvalue weighted by Gasteiger charge is -2.36. The topological polar surface area (TPSA) is 54.0 Å². The van der Waals surface area contributed by atoms with Crippen LogP contribution >= 0.6 is 0 Å². The van der Waals surface area contributed by atoms with Crippen molar-refractivity contribution in [2.24, 2.45) is 0 Å². The van der Waals surface area contributed by atoms with Gasteiger partial charge in [0.1, 0.15) is 0 Å². The molecule has 0 atom stereocenters. The monoisotopic (exact) mass is 355 g/mol. The molecule has 1 N–H and O–H groups in total. The van der Waals surface area contributed by atoms with Gasteiger partial charge in [0.05, 0.1) is 7.11 Å². The van der Waals surface area contributed by atoms with Gasteiger partial charge < -0.3 is 19.7 Å². The van der Waals surface area contributed by atoms with Crippen LogP contribution in [0.3, 0.4) is 0 Å². The average molecular weight is 355 g/mol. The number of nitrogens with one attached hydrogen (secondary N) is 1. The minimum Gasteiger partial charge on any atom is -0.493 e. The van der Waals surface area contributed by atoms with Crippen LogP contribution in [-0.2, 0) is 6.54 Å². The molecule has 2 aromatic rings. The Labute approximate surface area is 154 Å². The summed E-state index contributed by atoms with van der Waals surface area (Å²) in [5, 5.41) is 2.43. The van der Waals surface area contributed by atoms with Crippen molar-refractivity contribution < 1.29 is 14.3 Å². The quantitative estimate of drug-likeness (QED) is 0.894. The highest BCUT2D eigenvalue weighted by atomic mass is 16.6. The second-order valence-corrected chi connectivity index (χ2v) is 6.22. The molecule has 1 amide bonds. The maximum Gasteiger partial charge on any atom is 0.412 e. The van der Waals surface area contributed by atoms with Crippen molar-refractivity contribution in [2.75, 3.05) is 45.2 Å². The number of benzene rings is 2. The van der Waals surface area contributed by atoms with E-state index in [-0.39, 0.29) is 0 Å². The normalized spacial score (nSPS) is 14.8. The van der Waals surface area contributed by atoms with Gasteiger partial charge in [-0.25, -0.2) is 4.79 Å². The summed E-state index contributed by atoms with van der Waals surface area (Å²) in [6.45, 7) is 4.89. The third-order valence-electron chi connectivity index (χ3n) is 4.53. The number of carbonyl (C=O) groups is 1. The highest BCUT2D eigenvalue weighted by molar-refractivity contribution is 5.71. The van der Waals surface area contributed by atoms with Crippen molar-refractivity contribution in [1.82, 2.24) is 10.2 Å². The molecule has 6 heteroatoms. The van der Waals surface area contributed by atoms with Crippen molar-refractivity contribution in [1.29, 1.82) is 0 Å².